The van der Waals surface area contributed by atoms with Crippen LogP contribution < -0.4 is 19.5 Å². The molecular formula is C29H37N5O8S. The van der Waals surface area contributed by atoms with Crippen LogP contribution in [-0.2, 0) is 10.0 Å². The topological polar surface area (TPSA) is 164 Å². The Morgan fingerprint density at radius 3 is 2.53 bits per heavy atom. The van der Waals surface area contributed by atoms with Crippen molar-refractivity contribution in [1.82, 2.24) is 15.0 Å². The number of nitrogens with zero attached hydrogens (tertiary/aromatic N) is 3. The monoisotopic (exact) mass is 615 g/mol. The predicted octanol–water partition coefficient (Wildman–Crippen LogP) is 3.48. The lowest BCUT2D eigenvalue weighted by Crippen LogP contribution is -2.50. The van der Waals surface area contributed by atoms with Gasteiger partial charge in [-0.25, -0.2) is 13.2 Å². The highest BCUT2D eigenvalue weighted by molar-refractivity contribution is 7.92. The van der Waals surface area contributed by atoms with E-state index in [4.69, 9.17) is 14.0 Å². The highest BCUT2D eigenvalue weighted by Gasteiger charge is 2.34. The Bertz CT molecular complexity index is 1550. The third-order valence-electron chi connectivity index (χ3n) is 7.35. The van der Waals surface area contributed by atoms with E-state index in [0.717, 1.165) is 0 Å². The molecule has 2 heterocycles. The first kappa shape index (κ1) is 31.6. The Hall–Kier alpha value is -4.30. The van der Waals surface area contributed by atoms with Gasteiger partial charge in [-0.05, 0) is 63.2 Å². The number of nitrogens with one attached hydrogen (secondary N) is 2. The number of methoxy groups -OCH3 is 1. The van der Waals surface area contributed by atoms with Crippen LogP contribution in [0.2, 0.25) is 0 Å². The lowest BCUT2D eigenvalue weighted by molar-refractivity contribution is 0.0371. The van der Waals surface area contributed by atoms with Crippen molar-refractivity contribution >= 4 is 33.3 Å². The average Bonchev–Trinajstić information content (AvgIpc) is 3.30. The standard InChI is InChI=1S/C29H37N5O8S/c1-17-14-34(18(2)16-35)28(36)24-13-21(32-43(38,39)23-10-8-22(40-6)9-11-23)7-12-25(24)41-26(17)15-33(5)29(37)30-27-19(3)31-42-20(27)4/h7-13,17-18,26,32,35H,14-16H2,1-6H3,(H,30,37)/t17-,18+,26-/m1/s1. The van der Waals surface area contributed by atoms with E-state index in [1.165, 1.54) is 59.4 Å². The zero-order valence-corrected chi connectivity index (χ0v) is 25.8. The Morgan fingerprint density at radius 2 is 1.93 bits per heavy atom. The van der Waals surface area contributed by atoms with Crippen molar-refractivity contribution < 1.29 is 37.1 Å². The lowest BCUT2D eigenvalue weighted by Gasteiger charge is -2.38. The van der Waals surface area contributed by atoms with Crippen LogP contribution in [0.4, 0.5) is 16.2 Å². The maximum Gasteiger partial charge on any atom is 0.321 e. The Balaban J connectivity index is 1.62. The minimum absolute atomic E-state index is 0.0185. The second-order valence-corrected chi connectivity index (χ2v) is 12.3. The number of sulfonamides is 1. The number of hydrogen-bond acceptors (Lipinski definition) is 9. The average molecular weight is 616 g/mol. The molecule has 0 saturated heterocycles. The number of fused-ring (bicyclic) bond motifs is 1. The number of benzene rings is 2. The van der Waals surface area contributed by atoms with Crippen molar-refractivity contribution in [2.75, 3.05) is 43.9 Å². The number of carbonyl (C=O) groups excluding carboxylic acids is 2. The molecule has 0 aliphatic carbocycles. The van der Waals surface area contributed by atoms with E-state index in [-0.39, 0.29) is 47.5 Å². The first-order valence-electron chi connectivity index (χ1n) is 13.7. The Kier molecular flexibility index (Phi) is 9.50. The highest BCUT2D eigenvalue weighted by atomic mass is 32.2. The SMILES string of the molecule is COc1ccc(S(=O)(=O)Nc2ccc3c(c2)C(=O)N([C@@H](C)CO)C[C@@H](C)[C@@H](CN(C)C(=O)Nc2c(C)noc2C)O3)cc1. The van der Waals surface area contributed by atoms with Gasteiger partial charge in [0.25, 0.3) is 15.9 Å². The van der Waals surface area contributed by atoms with Crippen molar-refractivity contribution in [2.45, 2.75) is 44.7 Å². The third kappa shape index (κ3) is 7.03. The zero-order chi connectivity index (χ0) is 31.5. The quantitative estimate of drug-likeness (QED) is 0.327. The van der Waals surface area contributed by atoms with Gasteiger partial charge in [-0.2, -0.15) is 0 Å². The summed E-state index contributed by atoms with van der Waals surface area (Å²) in [5.41, 5.74) is 1.32. The summed E-state index contributed by atoms with van der Waals surface area (Å²) in [6.07, 6.45) is -0.553. The molecule has 14 heteroatoms. The van der Waals surface area contributed by atoms with Gasteiger partial charge in [0.1, 0.15) is 29.0 Å². The van der Waals surface area contributed by atoms with E-state index in [1.54, 1.807) is 27.8 Å². The van der Waals surface area contributed by atoms with Gasteiger partial charge in [-0.15, -0.1) is 0 Å². The van der Waals surface area contributed by atoms with Crippen molar-refractivity contribution in [3.63, 3.8) is 0 Å². The summed E-state index contributed by atoms with van der Waals surface area (Å²) in [7, 11) is -0.870. The molecular weight excluding hydrogens is 578 g/mol. The fourth-order valence-corrected chi connectivity index (χ4v) is 5.74. The van der Waals surface area contributed by atoms with Crippen molar-refractivity contribution in [2.24, 2.45) is 5.92 Å². The molecule has 232 valence electrons. The van der Waals surface area contributed by atoms with Gasteiger partial charge in [0.15, 0.2) is 5.76 Å². The number of aliphatic hydroxyl groups excluding tert-OH is 1. The van der Waals surface area contributed by atoms with Crippen LogP contribution >= 0.6 is 0 Å². The van der Waals surface area contributed by atoms with Crippen LogP contribution in [0.3, 0.4) is 0 Å². The number of carbonyl (C=O) groups is 2. The number of urea groups is 1. The number of aliphatic hydroxyl groups is 1. The van der Waals surface area contributed by atoms with Gasteiger partial charge in [0, 0.05) is 25.2 Å². The van der Waals surface area contributed by atoms with Gasteiger partial charge in [0.2, 0.25) is 0 Å². The summed E-state index contributed by atoms with van der Waals surface area (Å²) < 4.78 is 45.2. The van der Waals surface area contributed by atoms with Gasteiger partial charge in [0.05, 0.1) is 36.8 Å². The van der Waals surface area contributed by atoms with Gasteiger partial charge < -0.3 is 34.2 Å². The number of amides is 3. The minimum atomic E-state index is -3.98. The summed E-state index contributed by atoms with van der Waals surface area (Å²) in [5, 5.41) is 16.6. The molecule has 4 rings (SSSR count). The lowest BCUT2D eigenvalue weighted by atomic mass is 9.99. The van der Waals surface area contributed by atoms with E-state index in [2.05, 4.69) is 15.2 Å². The first-order valence-corrected chi connectivity index (χ1v) is 15.2. The van der Waals surface area contributed by atoms with E-state index in [1.807, 2.05) is 6.92 Å². The normalized spacial score (nSPS) is 17.7. The Morgan fingerprint density at radius 1 is 1.23 bits per heavy atom. The summed E-state index contributed by atoms with van der Waals surface area (Å²) >= 11 is 0. The van der Waals surface area contributed by atoms with Crippen molar-refractivity contribution in [1.29, 1.82) is 0 Å². The number of rotatable bonds is 9. The van der Waals surface area contributed by atoms with Gasteiger partial charge in [-0.1, -0.05) is 12.1 Å². The summed E-state index contributed by atoms with van der Waals surface area (Å²) in [5.74, 6) is 0.556. The van der Waals surface area contributed by atoms with Crippen LogP contribution in [0.15, 0.2) is 51.9 Å². The van der Waals surface area contributed by atoms with Crippen molar-refractivity contribution in [3.05, 3.63) is 59.5 Å². The van der Waals surface area contributed by atoms with Gasteiger partial charge in [-0.3, -0.25) is 9.52 Å². The van der Waals surface area contributed by atoms with Crippen molar-refractivity contribution in [3.8, 4) is 11.5 Å². The first-order chi connectivity index (χ1) is 20.3. The summed E-state index contributed by atoms with van der Waals surface area (Å²) in [4.78, 5) is 29.8. The molecule has 0 radical (unpaired) electrons. The number of hydrogen-bond donors (Lipinski definition) is 3. The summed E-state index contributed by atoms with van der Waals surface area (Å²) in [6.45, 7) is 7.17. The molecule has 0 unspecified atom stereocenters. The molecule has 0 fully saturated rings. The van der Waals surface area contributed by atoms with Gasteiger partial charge >= 0.3 is 6.03 Å². The van der Waals surface area contributed by atoms with Crippen LogP contribution in [-0.4, -0.2) is 86.4 Å². The maximum absolute atomic E-state index is 13.7. The highest BCUT2D eigenvalue weighted by Crippen LogP contribution is 2.32. The van der Waals surface area contributed by atoms with E-state index in [9.17, 15) is 23.1 Å². The fraction of sp³-hybridized carbons (Fsp3) is 0.414. The predicted molar refractivity (Wildman–Crippen MR) is 159 cm³/mol. The molecule has 1 aromatic heterocycles. The molecule has 0 saturated carbocycles. The van der Waals surface area contributed by atoms with Crippen LogP contribution in [0.5, 0.6) is 11.5 Å². The largest absolute Gasteiger partial charge is 0.497 e. The Labute approximate surface area is 250 Å². The van der Waals surface area contributed by atoms with Crippen LogP contribution in [0.25, 0.3) is 0 Å². The summed E-state index contributed by atoms with van der Waals surface area (Å²) in [6, 6.07) is 9.42. The van der Waals surface area contributed by atoms with E-state index in [0.29, 0.717) is 22.9 Å². The van der Waals surface area contributed by atoms with Crippen LogP contribution in [0.1, 0.15) is 35.7 Å². The fourth-order valence-electron chi connectivity index (χ4n) is 4.69. The number of likely N-dealkylation sites (N-methyl/N-ethyl adjacent to an activating group) is 1. The molecule has 3 N–H and O–H groups in total. The number of ether oxygens (including phenoxy) is 2. The maximum atomic E-state index is 13.7. The molecule has 3 amide bonds. The third-order valence-corrected chi connectivity index (χ3v) is 8.75. The second kappa shape index (κ2) is 12.9. The zero-order valence-electron chi connectivity index (χ0n) is 24.9. The molecule has 3 aromatic rings. The molecule has 1 aliphatic heterocycles. The van der Waals surface area contributed by atoms with Crippen LogP contribution in [0, 0.1) is 19.8 Å². The number of aromatic nitrogens is 1. The second-order valence-electron chi connectivity index (χ2n) is 10.6. The molecule has 43 heavy (non-hydrogen) atoms. The number of aryl methyl sites for hydroxylation is 2. The number of anilines is 2. The molecule has 2 aromatic carbocycles. The van der Waals surface area contributed by atoms with E-state index < -0.39 is 34.1 Å². The molecule has 1 aliphatic rings. The molecule has 0 spiro atoms. The molecule has 0 bridgehead atoms. The molecule has 13 nitrogen and oxygen atoms in total. The molecule has 3 atom stereocenters. The minimum Gasteiger partial charge on any atom is -0.497 e. The smallest absolute Gasteiger partial charge is 0.321 e. The van der Waals surface area contributed by atoms with E-state index >= 15 is 0 Å².